The van der Waals surface area contributed by atoms with E-state index < -0.39 is 0 Å². The average Bonchev–Trinajstić information content (AvgIpc) is 2.25. The second-order valence-electron chi connectivity index (χ2n) is 3.48. The third kappa shape index (κ3) is 2.98. The Labute approximate surface area is 103 Å². The van der Waals surface area contributed by atoms with Gasteiger partial charge in [0.25, 0.3) is 0 Å². The Morgan fingerprint density at radius 1 is 1.47 bits per heavy atom. The molecule has 1 aliphatic rings. The SMILES string of the molecule is Cc1ccc(NC2=NCCCS2)cc1Br. The molecule has 2 rings (SSSR count). The molecule has 4 heteroatoms. The van der Waals surface area contributed by atoms with Crippen molar-refractivity contribution in [3.05, 3.63) is 28.2 Å². The zero-order valence-electron chi connectivity index (χ0n) is 8.59. The van der Waals surface area contributed by atoms with Crippen molar-refractivity contribution in [2.24, 2.45) is 4.99 Å². The van der Waals surface area contributed by atoms with Gasteiger partial charge in [-0.3, -0.25) is 4.99 Å². The molecule has 0 amide bonds. The van der Waals surface area contributed by atoms with E-state index in [0.717, 1.165) is 21.9 Å². The van der Waals surface area contributed by atoms with Crippen LogP contribution in [-0.4, -0.2) is 17.5 Å². The first-order valence-electron chi connectivity index (χ1n) is 4.96. The van der Waals surface area contributed by atoms with Gasteiger partial charge in [-0.1, -0.05) is 33.8 Å². The first-order chi connectivity index (χ1) is 7.25. The third-order valence-electron chi connectivity index (χ3n) is 2.22. The first-order valence-corrected chi connectivity index (χ1v) is 6.74. The van der Waals surface area contributed by atoms with Gasteiger partial charge in [-0.05, 0) is 31.0 Å². The Balaban J connectivity index is 2.10. The first kappa shape index (κ1) is 11.0. The fourth-order valence-electron chi connectivity index (χ4n) is 1.33. The summed E-state index contributed by atoms with van der Waals surface area (Å²) in [5.74, 6) is 1.17. The molecule has 0 aromatic heterocycles. The molecule has 1 aromatic rings. The molecule has 0 saturated heterocycles. The molecular formula is C11H13BrN2S. The van der Waals surface area contributed by atoms with Crippen molar-refractivity contribution < 1.29 is 0 Å². The number of anilines is 1. The van der Waals surface area contributed by atoms with E-state index in [-0.39, 0.29) is 0 Å². The minimum atomic E-state index is 0.947. The Hall–Kier alpha value is -0.480. The van der Waals surface area contributed by atoms with E-state index in [2.05, 4.69) is 51.4 Å². The maximum Gasteiger partial charge on any atom is 0.161 e. The molecule has 0 fully saturated rings. The van der Waals surface area contributed by atoms with Crippen LogP contribution in [0.2, 0.25) is 0 Å². The summed E-state index contributed by atoms with van der Waals surface area (Å²) in [6.45, 7) is 3.03. The summed E-state index contributed by atoms with van der Waals surface area (Å²) in [4.78, 5) is 4.43. The predicted molar refractivity (Wildman–Crippen MR) is 71.9 cm³/mol. The zero-order chi connectivity index (χ0) is 10.7. The highest BCUT2D eigenvalue weighted by Gasteiger charge is 2.06. The van der Waals surface area contributed by atoms with Gasteiger partial charge in [0.15, 0.2) is 5.17 Å². The lowest BCUT2D eigenvalue weighted by atomic mass is 10.2. The molecule has 1 aliphatic heterocycles. The number of nitrogens with one attached hydrogen (secondary N) is 1. The predicted octanol–water partition coefficient (Wildman–Crippen LogP) is 3.66. The lowest BCUT2D eigenvalue weighted by Gasteiger charge is -2.13. The number of hydrogen-bond donors (Lipinski definition) is 1. The molecule has 0 bridgehead atoms. The number of aryl methyl sites for hydroxylation is 1. The smallest absolute Gasteiger partial charge is 0.161 e. The van der Waals surface area contributed by atoms with Crippen molar-refractivity contribution in [2.75, 3.05) is 17.6 Å². The largest absolute Gasteiger partial charge is 0.335 e. The summed E-state index contributed by atoms with van der Waals surface area (Å²) >= 11 is 5.32. The second kappa shape index (κ2) is 5.03. The minimum Gasteiger partial charge on any atom is -0.335 e. The van der Waals surface area contributed by atoms with E-state index in [1.807, 2.05) is 0 Å². The quantitative estimate of drug-likeness (QED) is 0.851. The molecule has 0 spiro atoms. The molecule has 1 aromatic carbocycles. The lowest BCUT2D eigenvalue weighted by molar-refractivity contribution is 0.938. The van der Waals surface area contributed by atoms with Gasteiger partial charge >= 0.3 is 0 Å². The summed E-state index contributed by atoms with van der Waals surface area (Å²) in [5, 5.41) is 4.37. The van der Waals surface area contributed by atoms with Gasteiger partial charge < -0.3 is 5.32 Å². The van der Waals surface area contributed by atoms with Crippen LogP contribution in [-0.2, 0) is 0 Å². The molecule has 0 saturated carbocycles. The van der Waals surface area contributed by atoms with E-state index in [0.29, 0.717) is 0 Å². The van der Waals surface area contributed by atoms with Crippen LogP contribution >= 0.6 is 27.7 Å². The maximum atomic E-state index is 4.43. The molecule has 0 unspecified atom stereocenters. The number of halogens is 1. The summed E-state index contributed by atoms with van der Waals surface area (Å²) < 4.78 is 1.13. The van der Waals surface area contributed by atoms with E-state index in [4.69, 9.17) is 0 Å². The van der Waals surface area contributed by atoms with Gasteiger partial charge in [-0.2, -0.15) is 0 Å². The average molecular weight is 285 g/mol. The van der Waals surface area contributed by atoms with Crippen molar-refractivity contribution in [1.82, 2.24) is 0 Å². The van der Waals surface area contributed by atoms with Crippen LogP contribution in [0, 0.1) is 6.92 Å². The molecule has 1 N–H and O–H groups in total. The molecule has 0 radical (unpaired) electrons. The van der Waals surface area contributed by atoms with Crippen LogP contribution in [0.25, 0.3) is 0 Å². The summed E-state index contributed by atoms with van der Waals surface area (Å²) in [6, 6.07) is 6.27. The van der Waals surface area contributed by atoms with Crippen molar-refractivity contribution in [1.29, 1.82) is 0 Å². The highest BCUT2D eigenvalue weighted by molar-refractivity contribution is 9.10. The molecular weight excluding hydrogens is 272 g/mol. The Morgan fingerprint density at radius 2 is 2.33 bits per heavy atom. The number of amidine groups is 1. The summed E-state index contributed by atoms with van der Waals surface area (Å²) in [6.07, 6.45) is 1.19. The third-order valence-corrected chi connectivity index (χ3v) is 4.07. The molecule has 0 atom stereocenters. The van der Waals surface area contributed by atoms with E-state index >= 15 is 0 Å². The topological polar surface area (TPSA) is 24.4 Å². The highest BCUT2D eigenvalue weighted by Crippen LogP contribution is 2.22. The molecule has 15 heavy (non-hydrogen) atoms. The van der Waals surface area contributed by atoms with E-state index in [9.17, 15) is 0 Å². The minimum absolute atomic E-state index is 0.947. The van der Waals surface area contributed by atoms with Crippen LogP contribution in [0.5, 0.6) is 0 Å². The number of hydrogen-bond acceptors (Lipinski definition) is 3. The zero-order valence-corrected chi connectivity index (χ0v) is 11.0. The molecule has 2 nitrogen and oxygen atoms in total. The van der Waals surface area contributed by atoms with Crippen molar-refractivity contribution >= 4 is 38.5 Å². The van der Waals surface area contributed by atoms with Gasteiger partial charge in [0.05, 0.1) is 0 Å². The summed E-state index contributed by atoms with van der Waals surface area (Å²) in [5.41, 5.74) is 2.35. The van der Waals surface area contributed by atoms with Crippen molar-refractivity contribution in [3.8, 4) is 0 Å². The summed E-state index contributed by atoms with van der Waals surface area (Å²) in [7, 11) is 0. The number of aliphatic imine (C=N–C) groups is 1. The Morgan fingerprint density at radius 3 is 3.00 bits per heavy atom. The van der Waals surface area contributed by atoms with Crippen LogP contribution in [0.3, 0.4) is 0 Å². The van der Waals surface area contributed by atoms with Crippen LogP contribution in [0.4, 0.5) is 5.69 Å². The number of thioether (sulfide) groups is 1. The van der Waals surface area contributed by atoms with Crippen molar-refractivity contribution in [3.63, 3.8) is 0 Å². The van der Waals surface area contributed by atoms with Gasteiger partial charge in [0.1, 0.15) is 0 Å². The number of nitrogens with zero attached hydrogens (tertiary/aromatic N) is 1. The molecule has 80 valence electrons. The van der Waals surface area contributed by atoms with Crippen molar-refractivity contribution in [2.45, 2.75) is 13.3 Å². The van der Waals surface area contributed by atoms with Gasteiger partial charge in [-0.25, -0.2) is 0 Å². The van der Waals surface area contributed by atoms with E-state index in [1.165, 1.54) is 17.7 Å². The fraction of sp³-hybridized carbons (Fsp3) is 0.364. The fourth-order valence-corrected chi connectivity index (χ4v) is 2.55. The number of rotatable bonds is 1. The van der Waals surface area contributed by atoms with Crippen LogP contribution in [0.1, 0.15) is 12.0 Å². The normalized spacial score (nSPS) is 16.0. The monoisotopic (exact) mass is 284 g/mol. The Kier molecular flexibility index (Phi) is 3.70. The highest BCUT2D eigenvalue weighted by atomic mass is 79.9. The van der Waals surface area contributed by atoms with Crippen LogP contribution in [0.15, 0.2) is 27.7 Å². The van der Waals surface area contributed by atoms with Crippen LogP contribution < -0.4 is 5.32 Å². The lowest BCUT2D eigenvalue weighted by Crippen LogP contribution is -2.13. The van der Waals surface area contributed by atoms with Gasteiger partial charge in [0.2, 0.25) is 0 Å². The number of benzene rings is 1. The Bertz CT molecular complexity index is 390. The van der Waals surface area contributed by atoms with E-state index in [1.54, 1.807) is 11.8 Å². The molecule has 1 heterocycles. The van der Waals surface area contributed by atoms with Gasteiger partial charge in [-0.15, -0.1) is 0 Å². The maximum absolute atomic E-state index is 4.43. The molecule has 0 aliphatic carbocycles. The standard InChI is InChI=1S/C11H13BrN2S/c1-8-3-4-9(7-10(8)12)14-11-13-5-2-6-15-11/h3-4,7H,2,5-6H2,1H3,(H,13,14). The van der Waals surface area contributed by atoms with Gasteiger partial charge in [0, 0.05) is 22.5 Å². The second-order valence-corrected chi connectivity index (χ2v) is 5.42.